The Morgan fingerprint density at radius 1 is 1.30 bits per heavy atom. The van der Waals surface area contributed by atoms with Crippen molar-refractivity contribution in [2.24, 2.45) is 0 Å². The molecule has 7 heteroatoms. The Morgan fingerprint density at radius 2 is 2.00 bits per heavy atom. The van der Waals surface area contributed by atoms with Gasteiger partial charge in [0.05, 0.1) is 23.9 Å². The lowest BCUT2D eigenvalue weighted by Gasteiger charge is -2.38. The van der Waals surface area contributed by atoms with Crippen molar-refractivity contribution in [3.63, 3.8) is 0 Å². The maximum atomic E-state index is 13.7. The number of nitrogens with zero attached hydrogens (tertiary/aromatic N) is 1. The molecular weight excluding hydrogens is 432 g/mol. The summed E-state index contributed by atoms with van der Waals surface area (Å²) in [5, 5.41) is 2.77. The zero-order valence-corrected chi connectivity index (χ0v) is 22.0. The summed E-state index contributed by atoms with van der Waals surface area (Å²) in [5.41, 5.74) is 2.83. The van der Waals surface area contributed by atoms with Gasteiger partial charge in [-0.25, -0.2) is 4.79 Å². The summed E-state index contributed by atoms with van der Waals surface area (Å²) in [7, 11) is -1.97. The van der Waals surface area contributed by atoms with E-state index < -0.39 is 14.4 Å². The summed E-state index contributed by atoms with van der Waals surface area (Å²) >= 11 is 0. The Hall–Kier alpha value is -2.64. The van der Waals surface area contributed by atoms with E-state index in [0.717, 1.165) is 17.6 Å². The number of anilines is 1. The molecule has 0 radical (unpaired) electrons. The van der Waals surface area contributed by atoms with Crippen LogP contribution in [0, 0.1) is 6.92 Å². The van der Waals surface area contributed by atoms with E-state index in [1.807, 2.05) is 38.3 Å². The Bertz CT molecular complexity index is 944. The highest BCUT2D eigenvalue weighted by molar-refractivity contribution is 6.74. The molecule has 0 spiro atoms. The molecule has 1 N–H and O–H groups in total. The van der Waals surface area contributed by atoms with E-state index in [2.05, 4.69) is 45.8 Å². The largest absolute Gasteiger partial charge is 0.445 e. The normalized spacial score (nSPS) is 16.6. The first-order valence-corrected chi connectivity index (χ1v) is 14.3. The highest BCUT2D eigenvalue weighted by atomic mass is 28.4. The van der Waals surface area contributed by atoms with Gasteiger partial charge in [0.15, 0.2) is 8.32 Å². The lowest BCUT2D eigenvalue weighted by molar-refractivity contribution is 0.0738. The van der Waals surface area contributed by atoms with Gasteiger partial charge in [0.1, 0.15) is 6.61 Å². The van der Waals surface area contributed by atoms with Crippen molar-refractivity contribution in [3.8, 4) is 0 Å². The number of aryl methyl sites for hydroxylation is 1. The van der Waals surface area contributed by atoms with E-state index in [9.17, 15) is 9.59 Å². The average Bonchev–Trinajstić information content (AvgIpc) is 3.14. The molecule has 0 bridgehead atoms. The molecule has 1 heterocycles. The molecule has 2 amide bonds. The van der Waals surface area contributed by atoms with Crippen LogP contribution in [0.15, 0.2) is 54.8 Å². The van der Waals surface area contributed by atoms with E-state index in [0.29, 0.717) is 17.9 Å². The van der Waals surface area contributed by atoms with Gasteiger partial charge in [-0.1, -0.05) is 57.2 Å². The summed E-state index contributed by atoms with van der Waals surface area (Å²) in [6.07, 6.45) is 7.48. The summed E-state index contributed by atoms with van der Waals surface area (Å²) < 4.78 is 11.5. The van der Waals surface area contributed by atoms with Crippen LogP contribution < -0.4 is 5.32 Å². The van der Waals surface area contributed by atoms with Crippen molar-refractivity contribution in [3.05, 3.63) is 65.9 Å². The average molecular weight is 471 g/mol. The number of allylic oxidation sites excluding steroid dienone is 2. The number of rotatable bonds is 8. The van der Waals surface area contributed by atoms with Crippen molar-refractivity contribution in [2.45, 2.75) is 65.2 Å². The van der Waals surface area contributed by atoms with Crippen molar-refractivity contribution < 1.29 is 18.8 Å². The molecule has 0 aromatic heterocycles. The predicted molar refractivity (Wildman–Crippen MR) is 137 cm³/mol. The number of hydrogen-bond acceptors (Lipinski definition) is 4. The molecule has 0 saturated carbocycles. The third kappa shape index (κ3) is 6.92. The van der Waals surface area contributed by atoms with Crippen molar-refractivity contribution in [1.82, 2.24) is 4.90 Å². The lowest BCUT2D eigenvalue weighted by atomic mass is 10.1. The Kier molecular flexibility index (Phi) is 8.86. The first kappa shape index (κ1) is 26.6. The zero-order valence-electron chi connectivity index (χ0n) is 21.0. The second-order valence-corrected chi connectivity index (χ2v) is 14.7. The number of carbonyl (C=O) groups excluding carboxylic acids is 2. The van der Waals surface area contributed by atoms with Crippen LogP contribution in [0.3, 0.4) is 0 Å². The summed E-state index contributed by atoms with van der Waals surface area (Å²) in [6, 6.07) is 5.26. The fourth-order valence-corrected chi connectivity index (χ4v) is 4.32. The van der Waals surface area contributed by atoms with Crippen molar-refractivity contribution in [2.75, 3.05) is 18.5 Å². The first-order valence-electron chi connectivity index (χ1n) is 11.3. The van der Waals surface area contributed by atoms with E-state index in [1.165, 1.54) is 6.08 Å². The second-order valence-electron chi connectivity index (χ2n) is 9.91. The maximum absolute atomic E-state index is 13.7. The minimum atomic E-state index is -1.97. The number of hydrogen-bond donors (Lipinski definition) is 1. The molecule has 2 rings (SSSR count). The maximum Gasteiger partial charge on any atom is 0.411 e. The minimum absolute atomic E-state index is 0.0828. The molecule has 1 atom stereocenters. The molecular formula is C26H38N2O4Si. The van der Waals surface area contributed by atoms with Gasteiger partial charge in [-0.15, -0.1) is 0 Å². The van der Waals surface area contributed by atoms with E-state index in [4.69, 9.17) is 9.16 Å². The predicted octanol–water partition coefficient (Wildman–Crippen LogP) is 6.43. The van der Waals surface area contributed by atoms with E-state index in [-0.39, 0.29) is 23.6 Å². The Morgan fingerprint density at radius 3 is 2.61 bits per heavy atom. The van der Waals surface area contributed by atoms with Gasteiger partial charge in [-0.3, -0.25) is 10.1 Å². The number of benzene rings is 1. The molecule has 33 heavy (non-hydrogen) atoms. The summed E-state index contributed by atoms with van der Waals surface area (Å²) in [4.78, 5) is 27.6. The number of nitrogens with one attached hydrogen (secondary N) is 1. The van der Waals surface area contributed by atoms with Gasteiger partial charge in [-0.2, -0.15) is 0 Å². The van der Waals surface area contributed by atoms with Gasteiger partial charge in [-0.05, 0) is 56.1 Å². The van der Waals surface area contributed by atoms with Gasteiger partial charge in [0, 0.05) is 6.20 Å². The van der Waals surface area contributed by atoms with Gasteiger partial charge in [0.2, 0.25) is 0 Å². The molecule has 1 aromatic rings. The van der Waals surface area contributed by atoms with Gasteiger partial charge in [0.25, 0.3) is 5.91 Å². The molecule has 6 nitrogen and oxygen atoms in total. The number of carbonyl (C=O) groups is 2. The standard InChI is InChI=1S/C26H38N2O4Si/c1-9-11-20-16-21(18-32-33(7,8)26(4,5)6)28(17-20)24(29)22-15-19(3)12-13-23(22)27-25(30)31-14-10-2/h9-13,15,17,21H,2,14,16,18H2,1,3-8H3,(H,27,30)/b11-9+/t21-/m0/s1. The molecule has 1 aliphatic rings. The topological polar surface area (TPSA) is 67.9 Å². The second kappa shape index (κ2) is 11.0. The van der Waals surface area contributed by atoms with Crippen LogP contribution in [-0.4, -0.2) is 44.5 Å². The minimum Gasteiger partial charge on any atom is -0.445 e. The van der Waals surface area contributed by atoms with Crippen LogP contribution in [0.4, 0.5) is 10.5 Å². The quantitative estimate of drug-likeness (QED) is 0.351. The van der Waals surface area contributed by atoms with Crippen LogP contribution in [0.5, 0.6) is 0 Å². The van der Waals surface area contributed by atoms with Crippen LogP contribution in [-0.2, 0) is 9.16 Å². The molecule has 180 valence electrons. The van der Waals surface area contributed by atoms with Gasteiger partial charge < -0.3 is 14.1 Å². The molecule has 1 aliphatic heterocycles. The summed E-state index contributed by atoms with van der Waals surface area (Å²) in [6.45, 7) is 19.0. The van der Waals surface area contributed by atoms with Crippen LogP contribution in [0.1, 0.15) is 50.0 Å². The van der Waals surface area contributed by atoms with Crippen molar-refractivity contribution in [1.29, 1.82) is 0 Å². The lowest BCUT2D eigenvalue weighted by Crippen LogP contribution is -2.45. The fraction of sp³-hybridized carbons (Fsp3) is 0.462. The Labute approximate surface area is 199 Å². The number of amides is 2. The van der Waals surface area contributed by atoms with E-state index >= 15 is 0 Å². The molecule has 0 aliphatic carbocycles. The van der Waals surface area contributed by atoms with Crippen LogP contribution in [0.25, 0.3) is 0 Å². The van der Waals surface area contributed by atoms with Crippen LogP contribution >= 0.6 is 0 Å². The van der Waals surface area contributed by atoms with Gasteiger partial charge >= 0.3 is 6.09 Å². The third-order valence-corrected chi connectivity index (χ3v) is 10.7. The van der Waals surface area contributed by atoms with Crippen LogP contribution in [0.2, 0.25) is 18.1 Å². The third-order valence-electron chi connectivity index (χ3n) is 6.20. The molecule has 0 saturated heterocycles. The Balaban J connectivity index is 2.32. The summed E-state index contributed by atoms with van der Waals surface area (Å²) in [5.74, 6) is -0.180. The SMILES string of the molecule is C=CCOC(=O)Nc1ccc(C)cc1C(=O)N1C=C(/C=C/C)C[C@H]1CO[Si](C)(C)C(C)(C)C. The fourth-order valence-electron chi connectivity index (χ4n) is 3.28. The zero-order chi connectivity index (χ0) is 24.8. The monoisotopic (exact) mass is 470 g/mol. The number of ether oxygens (including phenoxy) is 1. The van der Waals surface area contributed by atoms with Crippen molar-refractivity contribution >= 4 is 26.0 Å². The first-order chi connectivity index (χ1) is 15.4. The smallest absolute Gasteiger partial charge is 0.411 e. The highest BCUT2D eigenvalue weighted by Crippen LogP contribution is 2.37. The molecule has 1 aromatic carbocycles. The molecule has 0 unspecified atom stereocenters. The van der Waals surface area contributed by atoms with E-state index in [1.54, 1.807) is 17.0 Å². The highest BCUT2D eigenvalue weighted by Gasteiger charge is 2.39. The molecule has 0 fully saturated rings.